The van der Waals surface area contributed by atoms with Crippen molar-refractivity contribution >= 4 is 17.2 Å². The van der Waals surface area contributed by atoms with Crippen LogP contribution in [0.5, 0.6) is 5.75 Å². The van der Waals surface area contributed by atoms with E-state index in [1.165, 1.54) is 22.3 Å². The van der Waals surface area contributed by atoms with Gasteiger partial charge >= 0.3 is 0 Å². The van der Waals surface area contributed by atoms with Crippen LogP contribution in [0, 0.1) is 0 Å². The smallest absolute Gasteiger partial charge is 0.118 e. The first-order valence-corrected chi connectivity index (χ1v) is 12.5. The second-order valence-electron chi connectivity index (χ2n) is 9.41. The fourth-order valence-electron chi connectivity index (χ4n) is 5.65. The molecule has 2 aromatic carbocycles. The van der Waals surface area contributed by atoms with Gasteiger partial charge in [-0.3, -0.25) is 9.88 Å². The van der Waals surface area contributed by atoms with E-state index in [9.17, 15) is 0 Å². The van der Waals surface area contributed by atoms with Gasteiger partial charge in [-0.15, -0.1) is 0 Å². The molecule has 0 spiro atoms. The molecule has 1 fully saturated rings. The predicted octanol–water partition coefficient (Wildman–Crippen LogP) is 7.05. The van der Waals surface area contributed by atoms with Gasteiger partial charge in [-0.2, -0.15) is 0 Å². The molecule has 1 saturated heterocycles. The summed E-state index contributed by atoms with van der Waals surface area (Å²) in [5, 5.41) is 0.738. The fourth-order valence-corrected chi connectivity index (χ4v) is 5.84. The molecule has 2 aromatic heterocycles. The van der Waals surface area contributed by atoms with Gasteiger partial charge in [0, 0.05) is 59.4 Å². The first kappa shape index (κ1) is 22.1. The Morgan fingerprint density at radius 3 is 2.63 bits per heavy atom. The summed E-state index contributed by atoms with van der Waals surface area (Å²) in [5.74, 6) is 1.47. The van der Waals surface area contributed by atoms with Crippen LogP contribution in [-0.4, -0.2) is 41.1 Å². The number of hydrogen-bond acceptors (Lipinski definition) is 3. The van der Waals surface area contributed by atoms with Gasteiger partial charge in [0.15, 0.2) is 0 Å². The molecule has 0 unspecified atom stereocenters. The van der Waals surface area contributed by atoms with Crippen molar-refractivity contribution in [2.75, 3.05) is 20.2 Å². The molecule has 4 nitrogen and oxygen atoms in total. The molecule has 0 bridgehead atoms. The minimum atomic E-state index is 0.459. The number of H-pyrrole nitrogens is 1. The number of benzene rings is 2. The van der Waals surface area contributed by atoms with E-state index in [2.05, 4.69) is 69.6 Å². The highest BCUT2D eigenvalue weighted by atomic mass is 35.5. The lowest BCUT2D eigenvalue weighted by molar-refractivity contribution is 0.286. The molecule has 6 rings (SSSR count). The molecule has 176 valence electrons. The van der Waals surface area contributed by atoms with Crippen molar-refractivity contribution in [3.8, 4) is 28.1 Å². The Morgan fingerprint density at radius 1 is 1.03 bits per heavy atom. The summed E-state index contributed by atoms with van der Waals surface area (Å²) in [6.07, 6.45) is 10.6. The number of ether oxygens (including phenoxy) is 1. The molecule has 35 heavy (non-hydrogen) atoms. The quantitative estimate of drug-likeness (QED) is 0.332. The zero-order valence-electron chi connectivity index (χ0n) is 19.7. The zero-order chi connectivity index (χ0) is 23.8. The summed E-state index contributed by atoms with van der Waals surface area (Å²) in [4.78, 5) is 10.5. The number of hydrogen-bond donors (Lipinski definition) is 1. The second kappa shape index (κ2) is 9.37. The standard InChI is InChI=1S/C30H28ClN3O/c1-35-27-7-5-20(6-8-27)24-17-26-16-22(11-14-34(26)19-24)28-18-33-30(23-3-2-4-25(31)15-23)29(28)21-9-12-32-13-10-21/h2-10,12-13,15-16,18,24,26,33H,11,14,17,19H2,1H3/t24-,26-/m1/s1. The highest BCUT2D eigenvalue weighted by Crippen LogP contribution is 2.43. The molecule has 2 aliphatic heterocycles. The third-order valence-electron chi connectivity index (χ3n) is 7.41. The molecule has 5 heteroatoms. The Hall–Kier alpha value is -3.34. The van der Waals surface area contributed by atoms with Crippen LogP contribution in [0.4, 0.5) is 0 Å². The highest BCUT2D eigenvalue weighted by molar-refractivity contribution is 6.30. The van der Waals surface area contributed by atoms with Crippen molar-refractivity contribution in [3.05, 3.63) is 101 Å². The maximum atomic E-state index is 6.34. The van der Waals surface area contributed by atoms with Crippen molar-refractivity contribution in [3.63, 3.8) is 0 Å². The average molecular weight is 482 g/mol. The molecule has 2 aliphatic rings. The highest BCUT2D eigenvalue weighted by Gasteiger charge is 2.34. The van der Waals surface area contributed by atoms with Crippen LogP contribution < -0.4 is 4.74 Å². The topological polar surface area (TPSA) is 41.1 Å². The molecule has 0 amide bonds. The Bertz CT molecular complexity index is 1360. The van der Waals surface area contributed by atoms with E-state index in [4.69, 9.17) is 16.3 Å². The molecule has 0 aliphatic carbocycles. The number of fused-ring (bicyclic) bond motifs is 1. The molecule has 0 saturated carbocycles. The summed E-state index contributed by atoms with van der Waals surface area (Å²) in [6.45, 7) is 2.19. The van der Waals surface area contributed by atoms with Crippen LogP contribution in [0.3, 0.4) is 0 Å². The van der Waals surface area contributed by atoms with Gasteiger partial charge in [0.25, 0.3) is 0 Å². The summed E-state index contributed by atoms with van der Waals surface area (Å²) in [6, 6.07) is 21.3. The average Bonchev–Trinajstić information content (AvgIpc) is 3.54. The lowest BCUT2D eigenvalue weighted by Gasteiger charge is -2.28. The van der Waals surface area contributed by atoms with Gasteiger partial charge in [0.1, 0.15) is 5.75 Å². The molecule has 0 radical (unpaired) electrons. The third-order valence-corrected chi connectivity index (χ3v) is 7.64. The Balaban J connectivity index is 1.35. The normalized spacial score (nSPS) is 19.9. The Kier molecular flexibility index (Phi) is 5.93. The van der Waals surface area contributed by atoms with Gasteiger partial charge in [0.05, 0.1) is 12.8 Å². The fraction of sp³-hybridized carbons (Fsp3) is 0.233. The van der Waals surface area contributed by atoms with E-state index in [1.54, 1.807) is 7.11 Å². The number of halogens is 1. The van der Waals surface area contributed by atoms with Crippen LogP contribution in [0.25, 0.3) is 28.0 Å². The number of nitrogens with one attached hydrogen (secondary N) is 1. The van der Waals surface area contributed by atoms with Gasteiger partial charge in [-0.25, -0.2) is 0 Å². The van der Waals surface area contributed by atoms with E-state index in [-0.39, 0.29) is 0 Å². The SMILES string of the molecule is COc1ccc([C@@H]2C[C@H]3C=C(c4c[nH]c(-c5cccc(Cl)c5)c4-c4ccncc4)CCN3C2)cc1. The number of nitrogens with zero attached hydrogens (tertiary/aromatic N) is 2. The van der Waals surface area contributed by atoms with Gasteiger partial charge in [0.2, 0.25) is 0 Å². The number of rotatable bonds is 5. The Morgan fingerprint density at radius 2 is 1.86 bits per heavy atom. The van der Waals surface area contributed by atoms with Gasteiger partial charge < -0.3 is 9.72 Å². The minimum absolute atomic E-state index is 0.459. The van der Waals surface area contributed by atoms with Crippen molar-refractivity contribution in [2.45, 2.75) is 24.8 Å². The van der Waals surface area contributed by atoms with Crippen molar-refractivity contribution in [1.82, 2.24) is 14.9 Å². The molecule has 1 N–H and O–H groups in total. The number of aromatic nitrogens is 2. The maximum Gasteiger partial charge on any atom is 0.118 e. The van der Waals surface area contributed by atoms with Crippen LogP contribution >= 0.6 is 11.6 Å². The number of pyridine rings is 1. The summed E-state index contributed by atoms with van der Waals surface area (Å²) >= 11 is 6.34. The lowest BCUT2D eigenvalue weighted by atomic mass is 9.90. The monoisotopic (exact) mass is 481 g/mol. The van der Waals surface area contributed by atoms with Crippen molar-refractivity contribution < 1.29 is 4.74 Å². The van der Waals surface area contributed by atoms with Crippen LogP contribution in [0.1, 0.15) is 29.9 Å². The predicted molar refractivity (Wildman–Crippen MR) is 143 cm³/mol. The largest absolute Gasteiger partial charge is 0.497 e. The summed E-state index contributed by atoms with van der Waals surface area (Å²) in [7, 11) is 1.72. The third kappa shape index (κ3) is 4.29. The molecule has 2 atom stereocenters. The Labute approximate surface area is 211 Å². The molecular formula is C30H28ClN3O. The summed E-state index contributed by atoms with van der Waals surface area (Å²) < 4.78 is 5.34. The molecule has 4 aromatic rings. The molecule has 4 heterocycles. The molecular weight excluding hydrogens is 454 g/mol. The van der Waals surface area contributed by atoms with E-state index in [0.717, 1.165) is 53.5 Å². The van der Waals surface area contributed by atoms with Crippen LogP contribution in [0.15, 0.2) is 85.3 Å². The summed E-state index contributed by atoms with van der Waals surface area (Å²) in [5.41, 5.74) is 8.67. The van der Waals surface area contributed by atoms with Crippen molar-refractivity contribution in [2.24, 2.45) is 0 Å². The van der Waals surface area contributed by atoms with Gasteiger partial charge in [-0.05, 0) is 71.9 Å². The van der Waals surface area contributed by atoms with E-state index in [1.807, 2.05) is 30.6 Å². The van der Waals surface area contributed by atoms with Crippen molar-refractivity contribution in [1.29, 1.82) is 0 Å². The lowest BCUT2D eigenvalue weighted by Crippen LogP contribution is -2.32. The number of aromatic amines is 1. The zero-order valence-corrected chi connectivity index (χ0v) is 20.5. The van der Waals surface area contributed by atoms with E-state index >= 15 is 0 Å². The van der Waals surface area contributed by atoms with Gasteiger partial charge in [-0.1, -0.05) is 41.9 Å². The maximum absolute atomic E-state index is 6.34. The van der Waals surface area contributed by atoms with E-state index in [0.29, 0.717) is 12.0 Å². The first-order valence-electron chi connectivity index (χ1n) is 12.2. The first-order chi connectivity index (χ1) is 17.2. The number of methoxy groups -OCH3 is 1. The second-order valence-corrected chi connectivity index (χ2v) is 9.84. The van der Waals surface area contributed by atoms with Crippen LogP contribution in [0.2, 0.25) is 5.02 Å². The van der Waals surface area contributed by atoms with E-state index < -0.39 is 0 Å². The van der Waals surface area contributed by atoms with Crippen LogP contribution in [-0.2, 0) is 0 Å². The minimum Gasteiger partial charge on any atom is -0.497 e.